The second-order valence-corrected chi connectivity index (χ2v) is 6.93. The SMILES string of the molecule is Cc1ccc(C)c(OCC(=O)Nc2ccc3c(c2)N(C(C)C)C(=O)CO3)c1. The molecule has 0 aromatic heterocycles. The van der Waals surface area contributed by atoms with Crippen molar-refractivity contribution in [2.75, 3.05) is 23.4 Å². The number of fused-ring (bicyclic) bond motifs is 1. The standard InChI is InChI=1S/C21H24N2O4/c1-13(2)23-17-10-16(7-8-18(17)27-12-21(23)25)22-20(24)11-26-19-9-14(3)5-6-15(19)4/h5-10,13H,11-12H2,1-4H3,(H,22,24). The molecule has 142 valence electrons. The van der Waals surface area contributed by atoms with Gasteiger partial charge >= 0.3 is 0 Å². The molecule has 0 unspecified atom stereocenters. The largest absolute Gasteiger partial charge is 0.483 e. The Bertz CT molecular complexity index is 876. The van der Waals surface area contributed by atoms with Gasteiger partial charge in [0.05, 0.1) is 5.69 Å². The first-order valence-electron chi connectivity index (χ1n) is 8.94. The van der Waals surface area contributed by atoms with E-state index in [0.29, 0.717) is 22.9 Å². The predicted octanol–water partition coefficient (Wildman–Crippen LogP) is 3.45. The maximum atomic E-state index is 12.3. The van der Waals surface area contributed by atoms with Crippen LogP contribution in [0.15, 0.2) is 36.4 Å². The summed E-state index contributed by atoms with van der Waals surface area (Å²) in [4.78, 5) is 26.1. The van der Waals surface area contributed by atoms with Crippen LogP contribution in [0.1, 0.15) is 25.0 Å². The maximum absolute atomic E-state index is 12.3. The van der Waals surface area contributed by atoms with Crippen molar-refractivity contribution in [3.63, 3.8) is 0 Å². The van der Waals surface area contributed by atoms with Crippen molar-refractivity contribution in [1.29, 1.82) is 0 Å². The normalized spacial score (nSPS) is 13.2. The van der Waals surface area contributed by atoms with Crippen LogP contribution in [-0.2, 0) is 9.59 Å². The van der Waals surface area contributed by atoms with E-state index in [9.17, 15) is 9.59 Å². The first kappa shape index (κ1) is 18.8. The topological polar surface area (TPSA) is 67.9 Å². The van der Waals surface area contributed by atoms with Crippen molar-refractivity contribution in [3.05, 3.63) is 47.5 Å². The van der Waals surface area contributed by atoms with Gasteiger partial charge in [-0.15, -0.1) is 0 Å². The van der Waals surface area contributed by atoms with E-state index in [-0.39, 0.29) is 31.1 Å². The molecule has 0 radical (unpaired) electrons. The summed E-state index contributed by atoms with van der Waals surface area (Å²) >= 11 is 0. The van der Waals surface area contributed by atoms with Crippen LogP contribution < -0.4 is 19.7 Å². The fourth-order valence-corrected chi connectivity index (χ4v) is 3.02. The zero-order valence-corrected chi connectivity index (χ0v) is 16.0. The highest BCUT2D eigenvalue weighted by atomic mass is 16.5. The molecule has 0 fully saturated rings. The lowest BCUT2D eigenvalue weighted by atomic mass is 10.1. The summed E-state index contributed by atoms with van der Waals surface area (Å²) in [6.45, 7) is 7.73. The molecule has 0 saturated carbocycles. The van der Waals surface area contributed by atoms with E-state index in [2.05, 4.69) is 5.32 Å². The fourth-order valence-electron chi connectivity index (χ4n) is 3.02. The van der Waals surface area contributed by atoms with Gasteiger partial charge in [0, 0.05) is 11.7 Å². The second-order valence-electron chi connectivity index (χ2n) is 6.93. The van der Waals surface area contributed by atoms with Crippen molar-refractivity contribution in [3.8, 4) is 11.5 Å². The van der Waals surface area contributed by atoms with Crippen molar-refractivity contribution in [2.45, 2.75) is 33.7 Å². The monoisotopic (exact) mass is 368 g/mol. The molecule has 0 atom stereocenters. The van der Waals surface area contributed by atoms with Crippen LogP contribution in [0.2, 0.25) is 0 Å². The summed E-state index contributed by atoms with van der Waals surface area (Å²) in [7, 11) is 0. The summed E-state index contributed by atoms with van der Waals surface area (Å²) in [5.74, 6) is 0.961. The molecule has 1 heterocycles. The van der Waals surface area contributed by atoms with Gasteiger partial charge < -0.3 is 19.7 Å². The number of nitrogens with one attached hydrogen (secondary N) is 1. The molecule has 1 aliphatic rings. The summed E-state index contributed by atoms with van der Waals surface area (Å²) in [6.07, 6.45) is 0. The molecule has 2 aromatic carbocycles. The van der Waals surface area contributed by atoms with Crippen LogP contribution in [0, 0.1) is 13.8 Å². The Labute approximate surface area is 159 Å². The quantitative estimate of drug-likeness (QED) is 0.878. The lowest BCUT2D eigenvalue weighted by Gasteiger charge is -2.32. The number of aryl methyl sites for hydroxylation is 2. The van der Waals surface area contributed by atoms with Gasteiger partial charge in [-0.2, -0.15) is 0 Å². The van der Waals surface area contributed by atoms with Crippen molar-refractivity contribution >= 4 is 23.2 Å². The second kappa shape index (κ2) is 7.70. The number of anilines is 2. The third kappa shape index (κ3) is 4.22. The lowest BCUT2D eigenvalue weighted by molar-refractivity contribution is -0.121. The number of ether oxygens (including phenoxy) is 2. The van der Waals surface area contributed by atoms with Crippen molar-refractivity contribution in [2.24, 2.45) is 0 Å². The third-order valence-electron chi connectivity index (χ3n) is 4.34. The van der Waals surface area contributed by atoms with E-state index >= 15 is 0 Å². The molecule has 6 nitrogen and oxygen atoms in total. The van der Waals surface area contributed by atoms with Gasteiger partial charge in [-0.25, -0.2) is 0 Å². The number of rotatable bonds is 5. The third-order valence-corrected chi connectivity index (χ3v) is 4.34. The van der Waals surface area contributed by atoms with Gasteiger partial charge in [0.15, 0.2) is 13.2 Å². The van der Waals surface area contributed by atoms with Crippen molar-refractivity contribution < 1.29 is 19.1 Å². The summed E-state index contributed by atoms with van der Waals surface area (Å²) in [6, 6.07) is 11.1. The van der Waals surface area contributed by atoms with E-state index in [4.69, 9.17) is 9.47 Å². The van der Waals surface area contributed by atoms with E-state index in [1.165, 1.54) is 0 Å². The number of carbonyl (C=O) groups is 2. The molecule has 2 amide bonds. The highest BCUT2D eigenvalue weighted by Crippen LogP contribution is 2.35. The minimum atomic E-state index is -0.269. The molecule has 3 rings (SSSR count). The van der Waals surface area contributed by atoms with Crippen LogP contribution in [0.3, 0.4) is 0 Å². The Morgan fingerprint density at radius 3 is 2.74 bits per heavy atom. The Kier molecular flexibility index (Phi) is 5.35. The number of hydrogen-bond acceptors (Lipinski definition) is 4. The van der Waals surface area contributed by atoms with Crippen LogP contribution in [0.25, 0.3) is 0 Å². The zero-order chi connectivity index (χ0) is 19.6. The first-order valence-corrected chi connectivity index (χ1v) is 8.94. The number of amides is 2. The molecule has 0 aliphatic carbocycles. The minimum Gasteiger partial charge on any atom is -0.483 e. The number of benzene rings is 2. The van der Waals surface area contributed by atoms with E-state index in [0.717, 1.165) is 11.1 Å². The molecule has 1 N–H and O–H groups in total. The molecule has 0 bridgehead atoms. The Hall–Kier alpha value is -3.02. The van der Waals surface area contributed by atoms with Gasteiger partial charge in [0.25, 0.3) is 11.8 Å². The molecule has 0 spiro atoms. The number of hydrogen-bond donors (Lipinski definition) is 1. The summed E-state index contributed by atoms with van der Waals surface area (Å²) < 4.78 is 11.1. The van der Waals surface area contributed by atoms with Gasteiger partial charge in [-0.1, -0.05) is 12.1 Å². The smallest absolute Gasteiger partial charge is 0.265 e. The maximum Gasteiger partial charge on any atom is 0.265 e. The van der Waals surface area contributed by atoms with E-state index < -0.39 is 0 Å². The van der Waals surface area contributed by atoms with Gasteiger partial charge in [-0.05, 0) is 63.1 Å². The highest BCUT2D eigenvalue weighted by molar-refractivity contribution is 6.00. The zero-order valence-electron chi connectivity index (χ0n) is 16.0. The van der Waals surface area contributed by atoms with Crippen LogP contribution in [-0.4, -0.2) is 31.1 Å². The molecule has 1 aliphatic heterocycles. The van der Waals surface area contributed by atoms with Gasteiger partial charge in [0.2, 0.25) is 0 Å². The number of carbonyl (C=O) groups excluding carboxylic acids is 2. The average molecular weight is 368 g/mol. The molecule has 2 aromatic rings. The fraction of sp³-hybridized carbons (Fsp3) is 0.333. The molecular weight excluding hydrogens is 344 g/mol. The highest BCUT2D eigenvalue weighted by Gasteiger charge is 2.28. The minimum absolute atomic E-state index is 0.00118. The molecule has 0 saturated heterocycles. The number of nitrogens with zero attached hydrogens (tertiary/aromatic N) is 1. The lowest BCUT2D eigenvalue weighted by Crippen LogP contribution is -2.43. The first-order chi connectivity index (χ1) is 12.8. The molecule has 6 heteroatoms. The average Bonchev–Trinajstić information content (AvgIpc) is 2.62. The van der Waals surface area contributed by atoms with Crippen LogP contribution >= 0.6 is 0 Å². The van der Waals surface area contributed by atoms with Gasteiger partial charge in [-0.3, -0.25) is 9.59 Å². The van der Waals surface area contributed by atoms with Gasteiger partial charge in [0.1, 0.15) is 11.5 Å². The Morgan fingerprint density at radius 2 is 2.00 bits per heavy atom. The van der Waals surface area contributed by atoms with E-state index in [1.54, 1.807) is 23.1 Å². The van der Waals surface area contributed by atoms with E-state index in [1.807, 2.05) is 45.9 Å². The molecule has 27 heavy (non-hydrogen) atoms. The van der Waals surface area contributed by atoms with Crippen LogP contribution in [0.5, 0.6) is 11.5 Å². The predicted molar refractivity (Wildman–Crippen MR) is 105 cm³/mol. The Morgan fingerprint density at radius 1 is 1.22 bits per heavy atom. The Balaban J connectivity index is 1.70. The summed E-state index contributed by atoms with van der Waals surface area (Å²) in [5.41, 5.74) is 3.30. The molecular formula is C21H24N2O4. The van der Waals surface area contributed by atoms with Crippen LogP contribution in [0.4, 0.5) is 11.4 Å². The van der Waals surface area contributed by atoms with Crippen molar-refractivity contribution in [1.82, 2.24) is 0 Å². The summed E-state index contributed by atoms with van der Waals surface area (Å²) in [5, 5.41) is 2.81.